The minimum Gasteiger partial charge on any atom is -0.398 e. The SMILES string of the molecule is CC(NS(=O)(=O)Cc1ccccc1N)c1ccccc1Br. The molecule has 0 saturated carbocycles. The highest BCUT2D eigenvalue weighted by Gasteiger charge is 2.18. The number of hydrogen-bond acceptors (Lipinski definition) is 3. The van der Waals surface area contributed by atoms with Crippen LogP contribution in [0.1, 0.15) is 24.1 Å². The topological polar surface area (TPSA) is 72.2 Å². The van der Waals surface area contributed by atoms with E-state index in [4.69, 9.17) is 5.73 Å². The third-order valence-corrected chi connectivity index (χ3v) is 5.25. The van der Waals surface area contributed by atoms with Crippen molar-refractivity contribution in [2.75, 3.05) is 5.73 Å². The Kier molecular flexibility index (Phi) is 5.03. The molecule has 112 valence electrons. The third kappa shape index (κ3) is 4.30. The van der Waals surface area contributed by atoms with Gasteiger partial charge in [0.05, 0.1) is 5.75 Å². The molecule has 0 bridgehead atoms. The second kappa shape index (κ2) is 6.60. The maximum Gasteiger partial charge on any atom is 0.216 e. The van der Waals surface area contributed by atoms with E-state index in [9.17, 15) is 8.42 Å². The third-order valence-electron chi connectivity index (χ3n) is 3.13. The van der Waals surface area contributed by atoms with Gasteiger partial charge in [-0.05, 0) is 30.2 Å². The maximum atomic E-state index is 12.3. The minimum atomic E-state index is -3.47. The molecule has 0 fully saturated rings. The molecule has 21 heavy (non-hydrogen) atoms. The van der Waals surface area contributed by atoms with E-state index < -0.39 is 10.0 Å². The molecule has 0 aliphatic carbocycles. The van der Waals surface area contributed by atoms with Gasteiger partial charge in [-0.2, -0.15) is 0 Å². The number of nitrogen functional groups attached to an aromatic ring is 1. The molecule has 2 rings (SSSR count). The largest absolute Gasteiger partial charge is 0.398 e. The molecule has 4 nitrogen and oxygen atoms in total. The summed E-state index contributed by atoms with van der Waals surface area (Å²) in [4.78, 5) is 0. The van der Waals surface area contributed by atoms with Crippen LogP contribution in [0.15, 0.2) is 53.0 Å². The number of hydrogen-bond donors (Lipinski definition) is 2. The standard InChI is InChI=1S/C15H17BrN2O2S/c1-11(13-7-3-4-8-14(13)16)18-21(19,20)10-12-6-2-5-9-15(12)17/h2-9,11,18H,10,17H2,1H3. The number of benzene rings is 2. The van der Waals surface area contributed by atoms with E-state index in [1.54, 1.807) is 24.3 Å². The summed E-state index contributed by atoms with van der Waals surface area (Å²) in [5.74, 6) is -0.130. The van der Waals surface area contributed by atoms with Gasteiger partial charge in [-0.1, -0.05) is 52.3 Å². The number of sulfonamides is 1. The lowest BCUT2D eigenvalue weighted by Crippen LogP contribution is -2.28. The van der Waals surface area contributed by atoms with Crippen molar-refractivity contribution in [2.24, 2.45) is 0 Å². The van der Waals surface area contributed by atoms with Crippen molar-refractivity contribution in [3.8, 4) is 0 Å². The highest BCUT2D eigenvalue weighted by atomic mass is 79.9. The highest BCUT2D eigenvalue weighted by molar-refractivity contribution is 9.10. The quantitative estimate of drug-likeness (QED) is 0.795. The van der Waals surface area contributed by atoms with Gasteiger partial charge in [0.2, 0.25) is 10.0 Å². The average Bonchev–Trinajstić information content (AvgIpc) is 2.41. The van der Waals surface area contributed by atoms with Gasteiger partial charge in [0.15, 0.2) is 0 Å². The van der Waals surface area contributed by atoms with E-state index in [-0.39, 0.29) is 11.8 Å². The molecule has 0 amide bonds. The van der Waals surface area contributed by atoms with Crippen LogP contribution in [0.5, 0.6) is 0 Å². The van der Waals surface area contributed by atoms with E-state index in [2.05, 4.69) is 20.7 Å². The molecule has 6 heteroatoms. The molecule has 1 unspecified atom stereocenters. The second-order valence-electron chi connectivity index (χ2n) is 4.82. The number of anilines is 1. The summed E-state index contributed by atoms with van der Waals surface area (Å²) in [5.41, 5.74) is 7.77. The van der Waals surface area contributed by atoms with Gasteiger partial charge in [-0.15, -0.1) is 0 Å². The predicted octanol–water partition coefficient (Wildman–Crippen LogP) is 3.21. The summed E-state index contributed by atoms with van der Waals surface area (Å²) in [6, 6.07) is 14.2. The Morgan fingerprint density at radius 1 is 1.14 bits per heavy atom. The van der Waals surface area contributed by atoms with Gasteiger partial charge in [0.1, 0.15) is 0 Å². The molecule has 3 N–H and O–H groups in total. The molecule has 0 aliphatic heterocycles. The van der Waals surface area contributed by atoms with Crippen molar-refractivity contribution < 1.29 is 8.42 Å². The molecule has 2 aromatic carbocycles. The summed E-state index contributed by atoms with van der Waals surface area (Å²) >= 11 is 3.43. The number of rotatable bonds is 5. The summed E-state index contributed by atoms with van der Waals surface area (Å²) in [5, 5.41) is 0. The first-order chi connectivity index (χ1) is 9.89. The van der Waals surface area contributed by atoms with E-state index in [0.29, 0.717) is 11.3 Å². The minimum absolute atomic E-state index is 0.130. The van der Waals surface area contributed by atoms with E-state index in [0.717, 1.165) is 10.0 Å². The van der Waals surface area contributed by atoms with Crippen LogP contribution in [0.3, 0.4) is 0 Å². The fourth-order valence-electron chi connectivity index (χ4n) is 2.07. The first-order valence-corrected chi connectivity index (χ1v) is 8.91. The number of nitrogens with one attached hydrogen (secondary N) is 1. The lowest BCUT2D eigenvalue weighted by Gasteiger charge is -2.16. The molecule has 1 atom stereocenters. The Hall–Kier alpha value is -1.37. The number of nitrogens with two attached hydrogens (primary N) is 1. The average molecular weight is 369 g/mol. The molecular weight excluding hydrogens is 352 g/mol. The smallest absolute Gasteiger partial charge is 0.216 e. The lowest BCUT2D eigenvalue weighted by atomic mass is 10.1. The maximum absolute atomic E-state index is 12.3. The van der Waals surface area contributed by atoms with Gasteiger partial charge >= 0.3 is 0 Å². The van der Waals surface area contributed by atoms with Crippen molar-refractivity contribution in [3.63, 3.8) is 0 Å². The van der Waals surface area contributed by atoms with E-state index in [1.807, 2.05) is 31.2 Å². The van der Waals surface area contributed by atoms with Crippen LogP contribution in [0.4, 0.5) is 5.69 Å². The van der Waals surface area contributed by atoms with Gasteiger partial charge in [0.25, 0.3) is 0 Å². The molecule has 0 aliphatic rings. The fraction of sp³-hybridized carbons (Fsp3) is 0.200. The molecule has 2 aromatic rings. The van der Waals surface area contributed by atoms with Gasteiger partial charge < -0.3 is 5.73 Å². The van der Waals surface area contributed by atoms with Crippen LogP contribution in [0.2, 0.25) is 0 Å². The summed E-state index contributed by atoms with van der Waals surface area (Å²) in [6.07, 6.45) is 0. The molecule has 0 saturated heterocycles. The van der Waals surface area contributed by atoms with Crippen molar-refractivity contribution >= 4 is 31.6 Å². The lowest BCUT2D eigenvalue weighted by molar-refractivity contribution is 0.565. The van der Waals surface area contributed by atoms with Gasteiger partial charge in [0, 0.05) is 16.2 Å². The molecular formula is C15H17BrN2O2S. The number of para-hydroxylation sites is 1. The predicted molar refractivity (Wildman–Crippen MR) is 89.2 cm³/mol. The Morgan fingerprint density at radius 2 is 1.76 bits per heavy atom. The normalized spacial score (nSPS) is 13.0. The summed E-state index contributed by atoms with van der Waals surface area (Å²) < 4.78 is 28.1. The summed E-state index contributed by atoms with van der Waals surface area (Å²) in [6.45, 7) is 1.81. The van der Waals surface area contributed by atoms with E-state index in [1.165, 1.54) is 0 Å². The Bertz CT molecular complexity index is 732. The van der Waals surface area contributed by atoms with Crippen molar-refractivity contribution in [2.45, 2.75) is 18.7 Å². The Balaban J connectivity index is 2.15. The first kappa shape index (κ1) is 16.0. The molecule has 0 spiro atoms. The van der Waals surface area contributed by atoms with Gasteiger partial charge in [-0.25, -0.2) is 13.1 Å². The Labute approximate surface area is 133 Å². The second-order valence-corrected chi connectivity index (χ2v) is 7.43. The van der Waals surface area contributed by atoms with Crippen molar-refractivity contribution in [3.05, 3.63) is 64.1 Å². The van der Waals surface area contributed by atoms with Crippen LogP contribution >= 0.6 is 15.9 Å². The van der Waals surface area contributed by atoms with Crippen LogP contribution in [-0.4, -0.2) is 8.42 Å². The van der Waals surface area contributed by atoms with Crippen molar-refractivity contribution in [1.29, 1.82) is 0 Å². The highest BCUT2D eigenvalue weighted by Crippen LogP contribution is 2.24. The zero-order valence-electron chi connectivity index (χ0n) is 11.6. The summed E-state index contributed by atoms with van der Waals surface area (Å²) in [7, 11) is -3.47. The molecule has 0 heterocycles. The van der Waals surface area contributed by atoms with Crippen LogP contribution in [-0.2, 0) is 15.8 Å². The van der Waals surface area contributed by atoms with Crippen LogP contribution in [0.25, 0.3) is 0 Å². The number of halogens is 1. The Morgan fingerprint density at radius 3 is 2.43 bits per heavy atom. The first-order valence-electron chi connectivity index (χ1n) is 6.47. The molecule has 0 aromatic heterocycles. The molecule has 0 radical (unpaired) electrons. The van der Waals surface area contributed by atoms with Crippen LogP contribution in [0, 0.1) is 0 Å². The van der Waals surface area contributed by atoms with Gasteiger partial charge in [-0.3, -0.25) is 0 Å². The zero-order valence-corrected chi connectivity index (χ0v) is 14.0. The van der Waals surface area contributed by atoms with E-state index >= 15 is 0 Å². The van der Waals surface area contributed by atoms with Crippen molar-refractivity contribution in [1.82, 2.24) is 4.72 Å². The fourth-order valence-corrected chi connectivity index (χ4v) is 4.12. The monoisotopic (exact) mass is 368 g/mol. The zero-order chi connectivity index (χ0) is 15.5. The van der Waals surface area contributed by atoms with Crippen LogP contribution < -0.4 is 10.5 Å².